The fourth-order valence-electron chi connectivity index (χ4n) is 3.50. The van der Waals surface area contributed by atoms with Crippen LogP contribution in [0.1, 0.15) is 21.7 Å². The van der Waals surface area contributed by atoms with Crippen LogP contribution in [0.3, 0.4) is 0 Å². The van der Waals surface area contributed by atoms with Crippen LogP contribution in [-0.4, -0.2) is 53.3 Å². The summed E-state index contributed by atoms with van der Waals surface area (Å²) < 4.78 is 24.9. The number of hydrogen-bond acceptors (Lipinski definition) is 5. The smallest absolute Gasteiger partial charge is 0.337 e. The molecule has 1 aliphatic rings. The Morgan fingerprint density at radius 1 is 1.25 bits per heavy atom. The molecule has 146 valence electrons. The Labute approximate surface area is 162 Å². The number of ether oxygens (including phenoxy) is 2. The van der Waals surface area contributed by atoms with Crippen molar-refractivity contribution in [2.45, 2.75) is 25.4 Å². The average Bonchev–Trinajstić information content (AvgIpc) is 3.28. The van der Waals surface area contributed by atoms with Gasteiger partial charge in [0.1, 0.15) is 24.7 Å². The Morgan fingerprint density at radius 2 is 2.07 bits per heavy atom. The van der Waals surface area contributed by atoms with Gasteiger partial charge in [0.05, 0.1) is 23.7 Å². The third kappa shape index (κ3) is 4.05. The fraction of sp³-hybridized carbons (Fsp3) is 0.333. The molecule has 0 bridgehead atoms. The lowest BCUT2D eigenvalue weighted by molar-refractivity contribution is 0.00864. The van der Waals surface area contributed by atoms with Gasteiger partial charge in [-0.3, -0.25) is 4.90 Å². The standard InChI is InChI=1S/C21H22FN3O3/c1-27-21(26)15-7-8-17-18(9-15)24-20(23-17)13-28-19-12-25(11-16(19)22)10-14-5-3-2-4-6-14/h2-9,16,19H,10-13H2,1H3,(H,23,24)/t16-,19+/m1/s1. The number of likely N-dealkylation sites (tertiary alicyclic amines) is 1. The number of halogens is 1. The van der Waals surface area contributed by atoms with Gasteiger partial charge in [0.25, 0.3) is 0 Å². The lowest BCUT2D eigenvalue weighted by Crippen LogP contribution is -2.24. The molecule has 0 unspecified atom stereocenters. The number of alkyl halides is 1. The molecule has 7 heteroatoms. The van der Waals surface area contributed by atoms with E-state index in [1.54, 1.807) is 18.2 Å². The fourth-order valence-corrected chi connectivity index (χ4v) is 3.50. The zero-order valence-electron chi connectivity index (χ0n) is 15.6. The molecule has 6 nitrogen and oxygen atoms in total. The quantitative estimate of drug-likeness (QED) is 0.663. The van der Waals surface area contributed by atoms with E-state index in [1.165, 1.54) is 7.11 Å². The van der Waals surface area contributed by atoms with Gasteiger partial charge in [-0.25, -0.2) is 14.2 Å². The molecule has 28 heavy (non-hydrogen) atoms. The van der Waals surface area contributed by atoms with Gasteiger partial charge in [0.2, 0.25) is 0 Å². The van der Waals surface area contributed by atoms with E-state index in [9.17, 15) is 9.18 Å². The first kappa shape index (κ1) is 18.6. The third-order valence-corrected chi connectivity index (χ3v) is 4.91. The van der Waals surface area contributed by atoms with Gasteiger partial charge in [0, 0.05) is 19.6 Å². The van der Waals surface area contributed by atoms with E-state index >= 15 is 0 Å². The number of aromatic amines is 1. The molecule has 2 atom stereocenters. The van der Waals surface area contributed by atoms with Crippen molar-refractivity contribution in [1.82, 2.24) is 14.9 Å². The molecule has 1 aromatic heterocycles. The van der Waals surface area contributed by atoms with Crippen molar-refractivity contribution < 1.29 is 18.7 Å². The Kier molecular flexibility index (Phi) is 5.36. The van der Waals surface area contributed by atoms with Gasteiger partial charge in [-0.05, 0) is 23.8 Å². The highest BCUT2D eigenvalue weighted by atomic mass is 19.1. The Bertz CT molecular complexity index is 960. The topological polar surface area (TPSA) is 67.5 Å². The number of carbonyl (C=O) groups excluding carboxylic acids is 1. The number of carbonyl (C=O) groups is 1. The third-order valence-electron chi connectivity index (χ3n) is 4.91. The van der Waals surface area contributed by atoms with Crippen LogP contribution in [0, 0.1) is 0 Å². The number of imidazole rings is 1. The Morgan fingerprint density at radius 3 is 2.86 bits per heavy atom. The van der Waals surface area contributed by atoms with E-state index in [1.807, 2.05) is 30.3 Å². The predicted octanol–water partition coefficient (Wildman–Crippen LogP) is 3.09. The van der Waals surface area contributed by atoms with Crippen LogP contribution in [0.4, 0.5) is 4.39 Å². The van der Waals surface area contributed by atoms with Crippen molar-refractivity contribution in [2.75, 3.05) is 20.2 Å². The van der Waals surface area contributed by atoms with Crippen LogP contribution in [-0.2, 0) is 22.6 Å². The molecule has 0 aliphatic carbocycles. The van der Waals surface area contributed by atoms with Crippen molar-refractivity contribution in [2.24, 2.45) is 0 Å². The Balaban J connectivity index is 1.36. The van der Waals surface area contributed by atoms with Gasteiger partial charge < -0.3 is 14.5 Å². The molecule has 1 fully saturated rings. The van der Waals surface area contributed by atoms with Crippen LogP contribution in [0.2, 0.25) is 0 Å². The summed E-state index contributed by atoms with van der Waals surface area (Å²) in [5.41, 5.74) is 3.05. The van der Waals surface area contributed by atoms with E-state index in [-0.39, 0.29) is 6.61 Å². The molecule has 0 amide bonds. The summed E-state index contributed by atoms with van der Waals surface area (Å²) in [5.74, 6) is 0.199. The van der Waals surface area contributed by atoms with Gasteiger partial charge in [0.15, 0.2) is 0 Å². The maximum Gasteiger partial charge on any atom is 0.337 e. The lowest BCUT2D eigenvalue weighted by Gasteiger charge is -2.15. The molecule has 1 N–H and O–H groups in total. The SMILES string of the molecule is COC(=O)c1ccc2nc(CO[C@H]3CN(Cc4ccccc4)C[C@H]3F)[nH]c2c1. The maximum atomic E-state index is 14.4. The highest BCUT2D eigenvalue weighted by molar-refractivity contribution is 5.93. The first-order valence-electron chi connectivity index (χ1n) is 9.21. The molecule has 0 radical (unpaired) electrons. The Hall–Kier alpha value is -2.77. The number of methoxy groups -OCH3 is 1. The van der Waals surface area contributed by atoms with Gasteiger partial charge in [-0.1, -0.05) is 30.3 Å². The van der Waals surface area contributed by atoms with Crippen LogP contribution in [0.25, 0.3) is 11.0 Å². The first-order chi connectivity index (χ1) is 13.6. The highest BCUT2D eigenvalue weighted by Gasteiger charge is 2.33. The lowest BCUT2D eigenvalue weighted by atomic mass is 10.2. The summed E-state index contributed by atoms with van der Waals surface area (Å²) >= 11 is 0. The van der Waals surface area contributed by atoms with Crippen LogP contribution in [0.15, 0.2) is 48.5 Å². The van der Waals surface area contributed by atoms with E-state index in [2.05, 4.69) is 14.9 Å². The van der Waals surface area contributed by atoms with Gasteiger partial charge >= 0.3 is 5.97 Å². The molecule has 1 saturated heterocycles. The second-order valence-electron chi connectivity index (χ2n) is 6.95. The minimum atomic E-state index is -1.03. The summed E-state index contributed by atoms with van der Waals surface area (Å²) in [6.45, 7) is 1.81. The summed E-state index contributed by atoms with van der Waals surface area (Å²) in [6, 6.07) is 15.1. The largest absolute Gasteiger partial charge is 0.465 e. The van der Waals surface area contributed by atoms with Crippen LogP contribution >= 0.6 is 0 Å². The highest BCUT2D eigenvalue weighted by Crippen LogP contribution is 2.21. The summed E-state index contributed by atoms with van der Waals surface area (Å²) in [6.07, 6.45) is -1.51. The number of nitrogens with zero attached hydrogens (tertiary/aromatic N) is 2. The van der Waals surface area contributed by atoms with Crippen molar-refractivity contribution in [3.8, 4) is 0 Å². The molecule has 0 spiro atoms. The molecular weight excluding hydrogens is 361 g/mol. The van der Waals surface area contributed by atoms with Gasteiger partial charge in [-0.2, -0.15) is 0 Å². The molecule has 2 aromatic carbocycles. The minimum absolute atomic E-state index is 0.187. The van der Waals surface area contributed by atoms with E-state index in [0.29, 0.717) is 31.0 Å². The number of H-pyrrole nitrogens is 1. The van der Waals surface area contributed by atoms with E-state index < -0.39 is 18.2 Å². The molecular formula is C21H22FN3O3. The average molecular weight is 383 g/mol. The maximum absolute atomic E-state index is 14.4. The second kappa shape index (κ2) is 8.08. The summed E-state index contributed by atoms with van der Waals surface area (Å²) in [7, 11) is 1.34. The zero-order chi connectivity index (χ0) is 19.5. The first-order valence-corrected chi connectivity index (χ1v) is 9.21. The van der Waals surface area contributed by atoms with Crippen LogP contribution in [0.5, 0.6) is 0 Å². The van der Waals surface area contributed by atoms with E-state index in [4.69, 9.17) is 9.47 Å². The number of aromatic nitrogens is 2. The molecule has 1 aliphatic heterocycles. The van der Waals surface area contributed by atoms with Crippen LogP contribution < -0.4 is 0 Å². The van der Waals surface area contributed by atoms with Crippen molar-refractivity contribution in [3.63, 3.8) is 0 Å². The van der Waals surface area contributed by atoms with Crippen molar-refractivity contribution in [3.05, 3.63) is 65.5 Å². The molecule has 0 saturated carbocycles. The number of hydrogen-bond donors (Lipinski definition) is 1. The molecule has 3 aromatic rings. The van der Waals surface area contributed by atoms with Crippen molar-refractivity contribution >= 4 is 17.0 Å². The van der Waals surface area contributed by atoms with Crippen molar-refractivity contribution in [1.29, 1.82) is 0 Å². The summed E-state index contributed by atoms with van der Waals surface area (Å²) in [4.78, 5) is 21.3. The second-order valence-corrected chi connectivity index (χ2v) is 6.95. The van der Waals surface area contributed by atoms with E-state index in [0.717, 1.165) is 16.6 Å². The number of rotatable bonds is 6. The van der Waals surface area contributed by atoms with Gasteiger partial charge in [-0.15, -0.1) is 0 Å². The number of nitrogens with one attached hydrogen (secondary N) is 1. The predicted molar refractivity (Wildman–Crippen MR) is 103 cm³/mol. The zero-order valence-corrected chi connectivity index (χ0v) is 15.6. The minimum Gasteiger partial charge on any atom is -0.465 e. The monoisotopic (exact) mass is 383 g/mol. The summed E-state index contributed by atoms with van der Waals surface area (Å²) in [5, 5.41) is 0. The normalized spacial score (nSPS) is 19.9. The number of fused-ring (bicyclic) bond motifs is 1. The number of benzene rings is 2. The number of esters is 1. The molecule has 2 heterocycles. The molecule has 4 rings (SSSR count).